The van der Waals surface area contributed by atoms with Gasteiger partial charge in [-0.3, -0.25) is 14.4 Å². The molecule has 0 unspecified atom stereocenters. The predicted octanol–water partition coefficient (Wildman–Crippen LogP) is 0.767. The molecule has 8 nitrogen and oxygen atoms in total. The number of amides is 1. The van der Waals surface area contributed by atoms with Crippen molar-refractivity contribution in [3.63, 3.8) is 0 Å². The Morgan fingerprint density at radius 1 is 1.25 bits per heavy atom. The second-order valence-corrected chi connectivity index (χ2v) is 6.17. The maximum absolute atomic E-state index is 13.5. The van der Waals surface area contributed by atoms with Crippen molar-refractivity contribution in [1.82, 2.24) is 9.88 Å². The van der Waals surface area contributed by atoms with Crippen molar-refractivity contribution in [2.24, 2.45) is 0 Å². The molecule has 0 spiro atoms. The summed E-state index contributed by atoms with van der Waals surface area (Å²) in [5, 5.41) is 21.1. The molecule has 0 saturated carbocycles. The lowest BCUT2D eigenvalue weighted by molar-refractivity contribution is -0.135. The van der Waals surface area contributed by atoms with Crippen LogP contribution in [0.1, 0.15) is 27.2 Å². The third-order valence-electron chi connectivity index (χ3n) is 4.34. The van der Waals surface area contributed by atoms with Gasteiger partial charge in [0.05, 0.1) is 19.8 Å². The van der Waals surface area contributed by atoms with E-state index in [9.17, 15) is 28.3 Å². The number of rotatable bonds is 5. The summed E-state index contributed by atoms with van der Waals surface area (Å²) in [6.07, 6.45) is 0.263. The first-order valence-corrected chi connectivity index (χ1v) is 8.28. The van der Waals surface area contributed by atoms with Crippen molar-refractivity contribution in [3.8, 4) is 5.75 Å². The van der Waals surface area contributed by atoms with Crippen molar-refractivity contribution in [1.29, 1.82) is 0 Å². The first-order valence-electron chi connectivity index (χ1n) is 8.28. The van der Waals surface area contributed by atoms with E-state index in [2.05, 4.69) is 0 Å². The van der Waals surface area contributed by atoms with E-state index in [1.807, 2.05) is 5.32 Å². The minimum absolute atomic E-state index is 0.0571. The highest BCUT2D eigenvalue weighted by Gasteiger charge is 2.28. The molecule has 1 aliphatic heterocycles. The van der Waals surface area contributed by atoms with Gasteiger partial charge in [0, 0.05) is 17.7 Å². The quantitative estimate of drug-likeness (QED) is 0.690. The SMILES string of the molecule is O=C(O)CNC(=O)c1c(O)c2c(n(Cc3ccc(F)c(F)c3)c1=O)CCOC2. The molecule has 0 fully saturated rings. The van der Waals surface area contributed by atoms with Crippen LogP contribution in [0.15, 0.2) is 23.0 Å². The lowest BCUT2D eigenvalue weighted by Gasteiger charge is -2.24. The van der Waals surface area contributed by atoms with E-state index in [0.717, 1.165) is 12.1 Å². The number of carbonyl (C=O) groups is 2. The number of hydrogen-bond acceptors (Lipinski definition) is 5. The molecule has 3 rings (SSSR count). The summed E-state index contributed by atoms with van der Waals surface area (Å²) >= 11 is 0. The largest absolute Gasteiger partial charge is 0.506 e. The standard InChI is InChI=1S/C18H16F2N2O6/c19-11-2-1-9(5-12(11)20)7-22-13-3-4-28-8-10(13)16(25)15(18(22)27)17(26)21-6-14(23)24/h1-2,5,25H,3-4,6-8H2,(H,21,26)(H,23,24). The highest BCUT2D eigenvalue weighted by atomic mass is 19.2. The van der Waals surface area contributed by atoms with E-state index in [1.165, 1.54) is 10.6 Å². The van der Waals surface area contributed by atoms with Crippen LogP contribution >= 0.6 is 0 Å². The highest BCUT2D eigenvalue weighted by Crippen LogP contribution is 2.28. The molecule has 0 atom stereocenters. The van der Waals surface area contributed by atoms with E-state index in [1.54, 1.807) is 0 Å². The zero-order chi connectivity index (χ0) is 20.4. The molecule has 0 aliphatic carbocycles. The fraction of sp³-hybridized carbons (Fsp3) is 0.278. The van der Waals surface area contributed by atoms with Gasteiger partial charge in [-0.05, 0) is 17.7 Å². The van der Waals surface area contributed by atoms with Gasteiger partial charge in [-0.15, -0.1) is 0 Å². The van der Waals surface area contributed by atoms with E-state index >= 15 is 0 Å². The number of nitrogens with zero attached hydrogens (tertiary/aromatic N) is 1. The molecular weight excluding hydrogens is 378 g/mol. The monoisotopic (exact) mass is 394 g/mol. The number of nitrogens with one attached hydrogen (secondary N) is 1. The second kappa shape index (κ2) is 7.77. The number of fused-ring (bicyclic) bond motifs is 1. The fourth-order valence-electron chi connectivity index (χ4n) is 3.03. The van der Waals surface area contributed by atoms with Gasteiger partial charge in [-0.25, -0.2) is 8.78 Å². The van der Waals surface area contributed by atoms with Crippen LogP contribution < -0.4 is 10.9 Å². The Labute approximate surface area is 157 Å². The Kier molecular flexibility index (Phi) is 5.41. The van der Waals surface area contributed by atoms with E-state index < -0.39 is 46.9 Å². The zero-order valence-electron chi connectivity index (χ0n) is 14.5. The topological polar surface area (TPSA) is 118 Å². The molecular formula is C18H16F2N2O6. The maximum atomic E-state index is 13.5. The van der Waals surface area contributed by atoms with Gasteiger partial charge in [0.15, 0.2) is 11.6 Å². The van der Waals surface area contributed by atoms with Gasteiger partial charge in [0.1, 0.15) is 17.9 Å². The molecule has 3 N–H and O–H groups in total. The van der Waals surface area contributed by atoms with E-state index in [0.29, 0.717) is 5.69 Å². The van der Waals surface area contributed by atoms with Gasteiger partial charge >= 0.3 is 5.97 Å². The summed E-state index contributed by atoms with van der Waals surface area (Å²) in [6.45, 7) is -0.695. The summed E-state index contributed by atoms with van der Waals surface area (Å²) < 4.78 is 33.2. The molecule has 1 aromatic heterocycles. The number of benzene rings is 1. The van der Waals surface area contributed by atoms with Crippen molar-refractivity contribution < 1.29 is 33.3 Å². The molecule has 148 valence electrons. The normalized spacial score (nSPS) is 13.1. The van der Waals surface area contributed by atoms with E-state index in [-0.39, 0.29) is 37.3 Å². The van der Waals surface area contributed by atoms with Crippen molar-refractivity contribution >= 4 is 11.9 Å². The Hall–Kier alpha value is -3.27. The molecule has 28 heavy (non-hydrogen) atoms. The lowest BCUT2D eigenvalue weighted by Crippen LogP contribution is -2.38. The molecule has 1 amide bonds. The van der Waals surface area contributed by atoms with Crippen LogP contribution in [-0.2, 0) is 29.1 Å². The minimum Gasteiger partial charge on any atom is -0.506 e. The molecule has 0 bridgehead atoms. The number of pyridine rings is 1. The van der Waals surface area contributed by atoms with E-state index in [4.69, 9.17) is 9.84 Å². The van der Waals surface area contributed by atoms with Crippen molar-refractivity contribution in [2.75, 3.05) is 13.2 Å². The van der Waals surface area contributed by atoms with Crippen LogP contribution in [0, 0.1) is 11.6 Å². The van der Waals surface area contributed by atoms with Gasteiger partial charge in [0.25, 0.3) is 11.5 Å². The summed E-state index contributed by atoms with van der Waals surface area (Å²) in [7, 11) is 0. The number of aliphatic carboxylic acids is 1. The lowest BCUT2D eigenvalue weighted by atomic mass is 10.0. The Morgan fingerprint density at radius 2 is 2.00 bits per heavy atom. The number of aromatic nitrogens is 1. The Balaban J connectivity index is 2.11. The third-order valence-corrected chi connectivity index (χ3v) is 4.34. The third kappa shape index (κ3) is 3.72. The molecule has 1 aliphatic rings. The maximum Gasteiger partial charge on any atom is 0.322 e. The summed E-state index contributed by atoms with van der Waals surface area (Å²) in [4.78, 5) is 35.8. The summed E-state index contributed by atoms with van der Waals surface area (Å²) in [5.74, 6) is -5.08. The average Bonchev–Trinajstić information content (AvgIpc) is 2.66. The minimum atomic E-state index is -1.32. The average molecular weight is 394 g/mol. The number of aromatic hydroxyl groups is 1. The number of carbonyl (C=O) groups excluding carboxylic acids is 1. The van der Waals surface area contributed by atoms with Gasteiger partial charge in [-0.1, -0.05) is 6.07 Å². The van der Waals surface area contributed by atoms with Crippen LogP contribution in [0.2, 0.25) is 0 Å². The first-order chi connectivity index (χ1) is 13.3. The number of halogens is 2. The molecule has 0 radical (unpaired) electrons. The van der Waals surface area contributed by atoms with Crippen LogP contribution in [0.5, 0.6) is 5.75 Å². The zero-order valence-corrected chi connectivity index (χ0v) is 14.5. The summed E-state index contributed by atoms with van der Waals surface area (Å²) in [6, 6.07) is 3.16. The number of carboxylic acid groups (broad SMARTS) is 1. The van der Waals surface area contributed by atoms with Crippen LogP contribution in [0.4, 0.5) is 8.78 Å². The first kappa shape index (κ1) is 19.5. The predicted molar refractivity (Wildman–Crippen MR) is 91.2 cm³/mol. The smallest absolute Gasteiger partial charge is 0.322 e. The van der Waals surface area contributed by atoms with Crippen LogP contribution in [0.25, 0.3) is 0 Å². The Bertz CT molecular complexity index is 1020. The van der Waals surface area contributed by atoms with Crippen LogP contribution in [-0.4, -0.2) is 39.8 Å². The van der Waals surface area contributed by atoms with Gasteiger partial charge in [0.2, 0.25) is 0 Å². The van der Waals surface area contributed by atoms with Gasteiger partial charge in [-0.2, -0.15) is 0 Å². The highest BCUT2D eigenvalue weighted by molar-refractivity contribution is 5.98. The Morgan fingerprint density at radius 3 is 2.68 bits per heavy atom. The number of ether oxygens (including phenoxy) is 1. The summed E-state index contributed by atoms with van der Waals surface area (Å²) in [5.41, 5.74) is -0.599. The molecule has 0 saturated heterocycles. The fourth-order valence-corrected chi connectivity index (χ4v) is 3.03. The molecule has 10 heteroatoms. The molecule has 2 heterocycles. The number of carboxylic acids is 1. The van der Waals surface area contributed by atoms with Gasteiger partial charge < -0.3 is 24.8 Å². The molecule has 2 aromatic rings. The van der Waals surface area contributed by atoms with Crippen LogP contribution in [0.3, 0.4) is 0 Å². The molecule has 1 aromatic carbocycles. The number of hydrogen-bond donors (Lipinski definition) is 3. The second-order valence-electron chi connectivity index (χ2n) is 6.17. The van der Waals surface area contributed by atoms with Crippen molar-refractivity contribution in [3.05, 3.63) is 62.6 Å². The van der Waals surface area contributed by atoms with Crippen molar-refractivity contribution in [2.45, 2.75) is 19.6 Å².